The van der Waals surface area contributed by atoms with Crippen molar-refractivity contribution in [1.82, 2.24) is 9.78 Å². The van der Waals surface area contributed by atoms with Gasteiger partial charge in [0.1, 0.15) is 5.69 Å². The highest BCUT2D eigenvalue weighted by molar-refractivity contribution is 5.87. The quantitative estimate of drug-likeness (QED) is 0.752. The van der Waals surface area contributed by atoms with Crippen molar-refractivity contribution < 1.29 is 9.53 Å². The first-order valence-electron chi connectivity index (χ1n) is 6.41. The van der Waals surface area contributed by atoms with Gasteiger partial charge in [-0.1, -0.05) is 6.92 Å². The molecule has 2 aliphatic rings. The Kier molecular flexibility index (Phi) is 2.28. The topological polar surface area (TPSA) is 44.1 Å². The number of hydrogen-bond acceptors (Lipinski definition) is 3. The van der Waals surface area contributed by atoms with Gasteiger partial charge in [0.2, 0.25) is 0 Å². The average Bonchev–Trinajstić information content (AvgIpc) is 3.21. The molecule has 3 rings (SSSR count). The third-order valence-corrected chi connectivity index (χ3v) is 3.73. The van der Waals surface area contributed by atoms with Crippen molar-refractivity contribution in [2.45, 2.75) is 51.0 Å². The van der Waals surface area contributed by atoms with E-state index in [1.165, 1.54) is 12.8 Å². The van der Waals surface area contributed by atoms with E-state index in [4.69, 9.17) is 4.74 Å². The number of hydrogen-bond donors (Lipinski definition) is 0. The van der Waals surface area contributed by atoms with Crippen LogP contribution in [0.2, 0.25) is 0 Å². The van der Waals surface area contributed by atoms with Gasteiger partial charge in [-0.3, -0.25) is 4.68 Å². The standard InChI is InChI=1S/C13H18N2O2/c1-3-17-12(16)10-8-11(13(2)6-7-13)14-15(10)9-4-5-9/h8-9H,3-7H2,1-2H3. The van der Waals surface area contributed by atoms with Gasteiger partial charge in [-0.25, -0.2) is 4.79 Å². The normalized spacial score (nSPS) is 21.3. The number of carbonyl (C=O) groups is 1. The lowest BCUT2D eigenvalue weighted by Crippen LogP contribution is -2.12. The molecule has 0 amide bonds. The van der Waals surface area contributed by atoms with Crippen LogP contribution in [-0.2, 0) is 10.2 Å². The fraction of sp³-hybridized carbons (Fsp3) is 0.692. The highest BCUT2D eigenvalue weighted by Crippen LogP contribution is 2.48. The SMILES string of the molecule is CCOC(=O)c1cc(C2(C)CC2)nn1C1CC1. The number of carbonyl (C=O) groups excluding carboxylic acids is 1. The number of esters is 1. The summed E-state index contributed by atoms with van der Waals surface area (Å²) in [5, 5.41) is 4.63. The van der Waals surface area contributed by atoms with Gasteiger partial charge in [-0.15, -0.1) is 0 Å². The summed E-state index contributed by atoms with van der Waals surface area (Å²) in [6.45, 7) is 4.46. The Bertz CT molecular complexity index is 456. The van der Waals surface area contributed by atoms with Gasteiger partial charge < -0.3 is 4.74 Å². The van der Waals surface area contributed by atoms with Crippen molar-refractivity contribution in [3.63, 3.8) is 0 Å². The fourth-order valence-electron chi connectivity index (χ4n) is 2.09. The molecule has 0 radical (unpaired) electrons. The minimum Gasteiger partial charge on any atom is -0.461 e. The lowest BCUT2D eigenvalue weighted by molar-refractivity contribution is 0.0511. The van der Waals surface area contributed by atoms with E-state index in [0.717, 1.165) is 18.5 Å². The predicted molar refractivity (Wildman–Crippen MR) is 63.0 cm³/mol. The second-order valence-corrected chi connectivity index (χ2v) is 5.37. The van der Waals surface area contributed by atoms with Gasteiger partial charge in [-0.2, -0.15) is 5.10 Å². The fourth-order valence-corrected chi connectivity index (χ4v) is 2.09. The number of rotatable bonds is 4. The number of nitrogens with zero attached hydrogens (tertiary/aromatic N) is 2. The van der Waals surface area contributed by atoms with E-state index < -0.39 is 0 Å². The zero-order valence-corrected chi connectivity index (χ0v) is 10.4. The summed E-state index contributed by atoms with van der Waals surface area (Å²) < 4.78 is 6.98. The van der Waals surface area contributed by atoms with Crippen molar-refractivity contribution in [3.05, 3.63) is 17.5 Å². The molecule has 0 atom stereocenters. The maximum atomic E-state index is 11.9. The summed E-state index contributed by atoms with van der Waals surface area (Å²) in [6.07, 6.45) is 4.61. The molecule has 0 aliphatic heterocycles. The Hall–Kier alpha value is -1.32. The Morgan fingerprint density at radius 3 is 2.82 bits per heavy atom. The molecule has 1 heterocycles. The Morgan fingerprint density at radius 1 is 1.59 bits per heavy atom. The lowest BCUT2D eigenvalue weighted by atomic mass is 10.1. The molecule has 4 nitrogen and oxygen atoms in total. The molecule has 1 aromatic rings. The first-order valence-corrected chi connectivity index (χ1v) is 6.41. The van der Waals surface area contributed by atoms with Crippen LogP contribution in [0.5, 0.6) is 0 Å². The number of aromatic nitrogens is 2. The van der Waals surface area contributed by atoms with Crippen LogP contribution in [0.1, 0.15) is 61.8 Å². The second kappa shape index (κ2) is 3.59. The van der Waals surface area contributed by atoms with E-state index in [9.17, 15) is 4.79 Å². The summed E-state index contributed by atoms with van der Waals surface area (Å²) in [4.78, 5) is 11.9. The summed E-state index contributed by atoms with van der Waals surface area (Å²) in [7, 11) is 0. The largest absolute Gasteiger partial charge is 0.461 e. The Balaban J connectivity index is 1.94. The van der Waals surface area contributed by atoms with E-state index in [2.05, 4.69) is 12.0 Å². The van der Waals surface area contributed by atoms with Gasteiger partial charge in [0.25, 0.3) is 0 Å². The van der Waals surface area contributed by atoms with Crippen LogP contribution >= 0.6 is 0 Å². The molecule has 2 saturated carbocycles. The third-order valence-electron chi connectivity index (χ3n) is 3.73. The van der Waals surface area contributed by atoms with Crippen molar-refractivity contribution in [2.75, 3.05) is 6.61 Å². The van der Waals surface area contributed by atoms with Crippen molar-refractivity contribution >= 4 is 5.97 Å². The van der Waals surface area contributed by atoms with Crippen LogP contribution in [0, 0.1) is 0 Å². The number of ether oxygens (including phenoxy) is 1. The smallest absolute Gasteiger partial charge is 0.356 e. The molecular weight excluding hydrogens is 216 g/mol. The minimum atomic E-state index is -0.234. The molecule has 1 aromatic heterocycles. The van der Waals surface area contributed by atoms with E-state index >= 15 is 0 Å². The van der Waals surface area contributed by atoms with E-state index in [1.54, 1.807) is 0 Å². The molecule has 0 unspecified atom stereocenters. The van der Waals surface area contributed by atoms with Gasteiger partial charge in [0.05, 0.1) is 18.3 Å². The molecule has 0 bridgehead atoms. The lowest BCUT2D eigenvalue weighted by Gasteiger charge is -2.04. The van der Waals surface area contributed by atoms with Crippen LogP contribution < -0.4 is 0 Å². The molecule has 0 aromatic carbocycles. The molecule has 2 fully saturated rings. The first kappa shape index (κ1) is 10.8. The van der Waals surface area contributed by atoms with Crippen molar-refractivity contribution in [1.29, 1.82) is 0 Å². The maximum absolute atomic E-state index is 11.9. The van der Waals surface area contributed by atoms with Gasteiger partial charge >= 0.3 is 5.97 Å². The Labute approximate surface area is 101 Å². The molecule has 0 spiro atoms. The van der Waals surface area contributed by atoms with Gasteiger partial charge in [-0.05, 0) is 38.7 Å². The van der Waals surface area contributed by atoms with Gasteiger partial charge in [0.15, 0.2) is 0 Å². The summed E-state index contributed by atoms with van der Waals surface area (Å²) >= 11 is 0. The van der Waals surface area contributed by atoms with Crippen LogP contribution in [0.25, 0.3) is 0 Å². The average molecular weight is 234 g/mol. The minimum absolute atomic E-state index is 0.210. The maximum Gasteiger partial charge on any atom is 0.356 e. The molecule has 92 valence electrons. The highest BCUT2D eigenvalue weighted by Gasteiger charge is 2.43. The van der Waals surface area contributed by atoms with Crippen LogP contribution in [0.15, 0.2) is 6.07 Å². The zero-order valence-electron chi connectivity index (χ0n) is 10.4. The molecule has 0 N–H and O–H groups in total. The van der Waals surface area contributed by atoms with Crippen LogP contribution in [0.3, 0.4) is 0 Å². The van der Waals surface area contributed by atoms with Crippen LogP contribution in [-0.4, -0.2) is 22.4 Å². The first-order chi connectivity index (χ1) is 8.14. The molecule has 0 saturated heterocycles. The molecular formula is C13H18N2O2. The molecule has 17 heavy (non-hydrogen) atoms. The highest BCUT2D eigenvalue weighted by atomic mass is 16.5. The predicted octanol–water partition coefficient (Wildman–Crippen LogP) is 2.45. The Morgan fingerprint density at radius 2 is 2.29 bits per heavy atom. The monoisotopic (exact) mass is 234 g/mol. The second-order valence-electron chi connectivity index (χ2n) is 5.37. The van der Waals surface area contributed by atoms with Gasteiger partial charge in [0, 0.05) is 5.41 Å². The molecule has 4 heteroatoms. The zero-order chi connectivity index (χ0) is 12.0. The summed E-state index contributed by atoms with van der Waals surface area (Å²) in [5.74, 6) is -0.234. The summed E-state index contributed by atoms with van der Waals surface area (Å²) in [5.41, 5.74) is 1.91. The van der Waals surface area contributed by atoms with Crippen LogP contribution in [0.4, 0.5) is 0 Å². The van der Waals surface area contributed by atoms with E-state index in [0.29, 0.717) is 18.3 Å². The van der Waals surface area contributed by atoms with E-state index in [1.807, 2.05) is 17.7 Å². The third kappa shape index (κ3) is 1.85. The van der Waals surface area contributed by atoms with E-state index in [-0.39, 0.29) is 11.4 Å². The molecule has 2 aliphatic carbocycles. The van der Waals surface area contributed by atoms with Crippen molar-refractivity contribution in [2.24, 2.45) is 0 Å². The summed E-state index contributed by atoms with van der Waals surface area (Å²) in [6, 6.07) is 2.36. The van der Waals surface area contributed by atoms with Crippen molar-refractivity contribution in [3.8, 4) is 0 Å².